The molecule has 1 aliphatic rings. The molecule has 0 bridgehead atoms. The number of carboxylic acid groups (broad SMARTS) is 1. The standard InChI is InChI=1S/C20H25N3O4/c1-13-19(14(2)23(22-13)10-7-18(24)25)21-20(26)17-5-3-15(4-6-17)16-8-11-27-12-9-16/h3-6,16H,7-12H2,1-2H3,(H,21,26)(H,24,25). The Kier molecular flexibility index (Phi) is 5.91. The van der Waals surface area contributed by atoms with Crippen LogP contribution >= 0.6 is 0 Å². The zero-order valence-electron chi connectivity index (χ0n) is 15.7. The highest BCUT2D eigenvalue weighted by Crippen LogP contribution is 2.27. The van der Waals surface area contributed by atoms with Crippen molar-refractivity contribution in [2.45, 2.75) is 45.6 Å². The van der Waals surface area contributed by atoms with Crippen LogP contribution in [0.2, 0.25) is 0 Å². The molecule has 2 aromatic rings. The lowest BCUT2D eigenvalue weighted by atomic mass is 9.91. The molecule has 1 aromatic carbocycles. The normalized spacial score (nSPS) is 14.9. The molecule has 2 N–H and O–H groups in total. The summed E-state index contributed by atoms with van der Waals surface area (Å²) in [6.45, 7) is 5.48. The predicted octanol–water partition coefficient (Wildman–Crippen LogP) is 3.12. The number of anilines is 1. The number of ether oxygens (including phenoxy) is 1. The Labute approximate surface area is 158 Å². The number of nitrogens with one attached hydrogen (secondary N) is 1. The van der Waals surface area contributed by atoms with Crippen molar-refractivity contribution < 1.29 is 19.4 Å². The zero-order valence-corrected chi connectivity index (χ0v) is 15.7. The number of carboxylic acids is 1. The molecule has 1 saturated heterocycles. The van der Waals surface area contributed by atoms with E-state index in [4.69, 9.17) is 9.84 Å². The van der Waals surface area contributed by atoms with Crippen molar-refractivity contribution in [3.05, 3.63) is 46.8 Å². The van der Waals surface area contributed by atoms with E-state index < -0.39 is 5.97 Å². The number of benzene rings is 1. The third-order valence-corrected chi connectivity index (χ3v) is 5.02. The van der Waals surface area contributed by atoms with Crippen LogP contribution in [0, 0.1) is 13.8 Å². The summed E-state index contributed by atoms with van der Waals surface area (Å²) in [6.07, 6.45) is 2.02. The molecular weight excluding hydrogens is 346 g/mol. The predicted molar refractivity (Wildman–Crippen MR) is 101 cm³/mol. The van der Waals surface area contributed by atoms with Crippen molar-refractivity contribution in [1.82, 2.24) is 9.78 Å². The van der Waals surface area contributed by atoms with Crippen LogP contribution in [0.15, 0.2) is 24.3 Å². The fraction of sp³-hybridized carbons (Fsp3) is 0.450. The Morgan fingerprint density at radius 3 is 2.52 bits per heavy atom. The van der Waals surface area contributed by atoms with E-state index in [1.54, 1.807) is 11.6 Å². The summed E-state index contributed by atoms with van der Waals surface area (Å²) >= 11 is 0. The van der Waals surface area contributed by atoms with E-state index in [0.29, 0.717) is 22.9 Å². The maximum Gasteiger partial charge on any atom is 0.305 e. The number of rotatable bonds is 6. The second kappa shape index (κ2) is 8.35. The molecule has 1 aliphatic heterocycles. The minimum Gasteiger partial charge on any atom is -0.481 e. The SMILES string of the molecule is Cc1nn(CCC(=O)O)c(C)c1NC(=O)c1ccc(C2CCOCC2)cc1. The molecule has 7 nitrogen and oxygen atoms in total. The first-order valence-electron chi connectivity index (χ1n) is 9.20. The van der Waals surface area contributed by atoms with Crippen LogP contribution in [0.25, 0.3) is 0 Å². The summed E-state index contributed by atoms with van der Waals surface area (Å²) in [6, 6.07) is 7.72. The minimum atomic E-state index is -0.877. The lowest BCUT2D eigenvalue weighted by molar-refractivity contribution is -0.137. The summed E-state index contributed by atoms with van der Waals surface area (Å²) in [5.41, 5.74) is 3.89. The van der Waals surface area contributed by atoms with E-state index in [0.717, 1.165) is 31.7 Å². The third kappa shape index (κ3) is 4.54. The number of nitrogens with zero attached hydrogens (tertiary/aromatic N) is 2. The molecule has 0 radical (unpaired) electrons. The number of aryl methyl sites for hydroxylation is 2. The van der Waals surface area contributed by atoms with Gasteiger partial charge in [0.15, 0.2) is 0 Å². The Hall–Kier alpha value is -2.67. The van der Waals surface area contributed by atoms with Gasteiger partial charge in [0.25, 0.3) is 5.91 Å². The first kappa shape index (κ1) is 19.1. The molecule has 0 saturated carbocycles. The van der Waals surface area contributed by atoms with Crippen molar-refractivity contribution in [3.63, 3.8) is 0 Å². The summed E-state index contributed by atoms with van der Waals surface area (Å²) in [7, 11) is 0. The molecule has 3 rings (SSSR count). The number of carbonyl (C=O) groups excluding carboxylic acids is 1. The quantitative estimate of drug-likeness (QED) is 0.814. The largest absolute Gasteiger partial charge is 0.481 e. The van der Waals surface area contributed by atoms with Gasteiger partial charge < -0.3 is 15.2 Å². The van der Waals surface area contributed by atoms with Crippen LogP contribution in [0.4, 0.5) is 5.69 Å². The highest BCUT2D eigenvalue weighted by atomic mass is 16.5. The number of carbonyl (C=O) groups is 2. The highest BCUT2D eigenvalue weighted by molar-refractivity contribution is 6.04. The molecule has 2 heterocycles. The molecule has 1 fully saturated rings. The van der Waals surface area contributed by atoms with E-state index in [1.165, 1.54) is 5.56 Å². The topological polar surface area (TPSA) is 93.5 Å². The number of hydrogen-bond acceptors (Lipinski definition) is 4. The average Bonchev–Trinajstić information content (AvgIpc) is 2.94. The van der Waals surface area contributed by atoms with Crippen molar-refractivity contribution in [1.29, 1.82) is 0 Å². The molecule has 1 amide bonds. The van der Waals surface area contributed by atoms with Crippen LogP contribution in [0.5, 0.6) is 0 Å². The van der Waals surface area contributed by atoms with Crippen LogP contribution in [-0.2, 0) is 16.1 Å². The minimum absolute atomic E-state index is 0.0109. The summed E-state index contributed by atoms with van der Waals surface area (Å²) < 4.78 is 7.02. The van der Waals surface area contributed by atoms with Crippen molar-refractivity contribution >= 4 is 17.6 Å². The molecule has 0 unspecified atom stereocenters. The van der Waals surface area contributed by atoms with Gasteiger partial charge in [-0.1, -0.05) is 12.1 Å². The van der Waals surface area contributed by atoms with Crippen LogP contribution < -0.4 is 5.32 Å². The first-order valence-corrected chi connectivity index (χ1v) is 9.20. The maximum atomic E-state index is 12.6. The Bertz CT molecular complexity index is 820. The molecule has 7 heteroatoms. The van der Waals surface area contributed by atoms with Gasteiger partial charge in [-0.2, -0.15) is 5.10 Å². The number of hydrogen-bond donors (Lipinski definition) is 2. The molecule has 1 aromatic heterocycles. The maximum absolute atomic E-state index is 12.6. The summed E-state index contributed by atoms with van der Waals surface area (Å²) in [5.74, 6) is -0.580. The summed E-state index contributed by atoms with van der Waals surface area (Å²) in [5, 5.41) is 16.1. The van der Waals surface area contributed by atoms with E-state index in [9.17, 15) is 9.59 Å². The number of aliphatic carboxylic acids is 1. The van der Waals surface area contributed by atoms with Gasteiger partial charge in [0.2, 0.25) is 0 Å². The van der Waals surface area contributed by atoms with Gasteiger partial charge >= 0.3 is 5.97 Å². The smallest absolute Gasteiger partial charge is 0.305 e. The second-order valence-electron chi connectivity index (χ2n) is 6.88. The van der Waals surface area contributed by atoms with E-state index in [-0.39, 0.29) is 18.9 Å². The van der Waals surface area contributed by atoms with Crippen molar-refractivity contribution in [2.24, 2.45) is 0 Å². The molecule has 144 valence electrons. The molecule has 0 spiro atoms. The highest BCUT2D eigenvalue weighted by Gasteiger charge is 2.18. The average molecular weight is 371 g/mol. The fourth-order valence-corrected chi connectivity index (χ4v) is 3.42. The monoisotopic (exact) mass is 371 g/mol. The van der Waals surface area contributed by atoms with Gasteiger partial charge in [-0.25, -0.2) is 0 Å². The van der Waals surface area contributed by atoms with Crippen molar-refractivity contribution in [3.8, 4) is 0 Å². The van der Waals surface area contributed by atoms with E-state index in [2.05, 4.69) is 10.4 Å². The van der Waals surface area contributed by atoms with Gasteiger partial charge in [0, 0.05) is 18.8 Å². The van der Waals surface area contributed by atoms with E-state index in [1.807, 2.05) is 31.2 Å². The van der Waals surface area contributed by atoms with Gasteiger partial charge in [0.1, 0.15) is 0 Å². The zero-order chi connectivity index (χ0) is 19.4. The second-order valence-corrected chi connectivity index (χ2v) is 6.88. The van der Waals surface area contributed by atoms with Crippen LogP contribution in [0.3, 0.4) is 0 Å². The molecular formula is C20H25N3O4. The molecule has 27 heavy (non-hydrogen) atoms. The number of amides is 1. The van der Waals surface area contributed by atoms with Gasteiger partial charge in [-0.05, 0) is 50.3 Å². The Morgan fingerprint density at radius 2 is 1.89 bits per heavy atom. The third-order valence-electron chi connectivity index (χ3n) is 5.02. The lowest BCUT2D eigenvalue weighted by Crippen LogP contribution is -2.15. The molecule has 0 atom stereocenters. The van der Waals surface area contributed by atoms with E-state index >= 15 is 0 Å². The number of aromatic nitrogens is 2. The molecule has 0 aliphatic carbocycles. The lowest BCUT2D eigenvalue weighted by Gasteiger charge is -2.22. The van der Waals surface area contributed by atoms with Crippen LogP contribution in [-0.4, -0.2) is 40.0 Å². The Balaban J connectivity index is 1.69. The van der Waals surface area contributed by atoms with Gasteiger partial charge in [-0.3, -0.25) is 14.3 Å². The van der Waals surface area contributed by atoms with Gasteiger partial charge in [-0.15, -0.1) is 0 Å². The fourth-order valence-electron chi connectivity index (χ4n) is 3.42. The Morgan fingerprint density at radius 1 is 1.22 bits per heavy atom. The van der Waals surface area contributed by atoms with Crippen LogP contribution in [0.1, 0.15) is 52.5 Å². The van der Waals surface area contributed by atoms with Gasteiger partial charge in [0.05, 0.1) is 30.0 Å². The first-order chi connectivity index (χ1) is 13.0. The van der Waals surface area contributed by atoms with Crippen molar-refractivity contribution in [2.75, 3.05) is 18.5 Å². The summed E-state index contributed by atoms with van der Waals surface area (Å²) in [4.78, 5) is 23.4.